The van der Waals surface area contributed by atoms with E-state index in [0.29, 0.717) is 29.8 Å². The van der Waals surface area contributed by atoms with Gasteiger partial charge in [0.1, 0.15) is 6.61 Å². The van der Waals surface area contributed by atoms with Crippen molar-refractivity contribution in [3.8, 4) is 0 Å². The van der Waals surface area contributed by atoms with Crippen LogP contribution in [0.4, 0.5) is 0 Å². The van der Waals surface area contributed by atoms with E-state index in [1.807, 2.05) is 12.1 Å². The molecule has 20 heavy (non-hydrogen) atoms. The van der Waals surface area contributed by atoms with Crippen LogP contribution in [0, 0.1) is 0 Å². The predicted molar refractivity (Wildman–Crippen MR) is 80.5 cm³/mol. The summed E-state index contributed by atoms with van der Waals surface area (Å²) in [7, 11) is 0. The summed E-state index contributed by atoms with van der Waals surface area (Å²) in [6.07, 6.45) is 0.813. The Balaban J connectivity index is 2.06. The zero-order chi connectivity index (χ0) is 14.8. The second-order valence-electron chi connectivity index (χ2n) is 4.09. The van der Waals surface area contributed by atoms with Gasteiger partial charge in [-0.25, -0.2) is 4.79 Å². The molecule has 0 radical (unpaired) electrons. The predicted octanol–water partition coefficient (Wildman–Crippen LogP) is 2.71. The van der Waals surface area contributed by atoms with Gasteiger partial charge in [-0.05, 0) is 37.6 Å². The third-order valence-electron chi connectivity index (χ3n) is 2.53. The Morgan fingerprint density at radius 2 is 2.10 bits per heavy atom. The molecule has 0 aliphatic carbocycles. The van der Waals surface area contributed by atoms with E-state index in [4.69, 9.17) is 32.7 Å². The smallest absolute Gasteiger partial charge is 0.332 e. The molecule has 1 rings (SSSR count). The fourth-order valence-corrected chi connectivity index (χ4v) is 2.08. The molecule has 0 aliphatic rings. The van der Waals surface area contributed by atoms with Crippen LogP contribution in [0.5, 0.6) is 0 Å². The first kappa shape index (κ1) is 17.2. The van der Waals surface area contributed by atoms with Gasteiger partial charge in [0.25, 0.3) is 0 Å². The molecule has 4 nitrogen and oxygen atoms in total. The fraction of sp³-hybridized carbons (Fsp3) is 0.500. The SMILES string of the molecule is CCOC(=O)COCCNCCc1ccc(Cl)cc1Cl. The van der Waals surface area contributed by atoms with E-state index in [2.05, 4.69) is 5.32 Å². The molecule has 0 aliphatic heterocycles. The van der Waals surface area contributed by atoms with Gasteiger partial charge in [0.05, 0.1) is 13.2 Å². The Labute approximate surface area is 129 Å². The highest BCUT2D eigenvalue weighted by Crippen LogP contribution is 2.20. The second kappa shape index (κ2) is 10.00. The molecule has 0 aromatic heterocycles. The van der Waals surface area contributed by atoms with Crippen LogP contribution in [-0.2, 0) is 20.7 Å². The number of esters is 1. The normalized spacial score (nSPS) is 10.6. The van der Waals surface area contributed by atoms with Gasteiger partial charge in [-0.3, -0.25) is 0 Å². The number of hydrogen-bond donors (Lipinski definition) is 1. The molecule has 0 saturated carbocycles. The fourth-order valence-electron chi connectivity index (χ4n) is 1.57. The van der Waals surface area contributed by atoms with E-state index in [1.54, 1.807) is 13.0 Å². The van der Waals surface area contributed by atoms with E-state index in [1.165, 1.54) is 0 Å². The molecule has 6 heteroatoms. The maximum Gasteiger partial charge on any atom is 0.332 e. The third-order valence-corrected chi connectivity index (χ3v) is 3.12. The van der Waals surface area contributed by atoms with Crippen molar-refractivity contribution in [3.05, 3.63) is 33.8 Å². The summed E-state index contributed by atoms with van der Waals surface area (Å²) >= 11 is 11.9. The first-order valence-electron chi connectivity index (χ1n) is 6.51. The zero-order valence-corrected chi connectivity index (χ0v) is 13.0. The molecule has 0 amide bonds. The van der Waals surface area contributed by atoms with Crippen molar-refractivity contribution in [1.82, 2.24) is 5.32 Å². The van der Waals surface area contributed by atoms with Crippen LogP contribution in [-0.4, -0.2) is 38.9 Å². The summed E-state index contributed by atoms with van der Waals surface area (Å²) < 4.78 is 9.90. The summed E-state index contributed by atoms with van der Waals surface area (Å²) in [5.41, 5.74) is 1.05. The lowest BCUT2D eigenvalue weighted by Crippen LogP contribution is -2.24. The van der Waals surface area contributed by atoms with Gasteiger partial charge in [-0.1, -0.05) is 29.3 Å². The van der Waals surface area contributed by atoms with Gasteiger partial charge in [0.2, 0.25) is 0 Å². The minimum atomic E-state index is -0.333. The zero-order valence-electron chi connectivity index (χ0n) is 11.5. The molecular weight excluding hydrogens is 301 g/mol. The highest BCUT2D eigenvalue weighted by Gasteiger charge is 2.02. The average molecular weight is 320 g/mol. The van der Waals surface area contributed by atoms with Crippen molar-refractivity contribution in [2.75, 3.05) is 32.9 Å². The maximum absolute atomic E-state index is 11.0. The van der Waals surface area contributed by atoms with Gasteiger partial charge in [-0.2, -0.15) is 0 Å². The molecule has 1 aromatic rings. The van der Waals surface area contributed by atoms with Crippen LogP contribution in [0.25, 0.3) is 0 Å². The molecule has 0 spiro atoms. The lowest BCUT2D eigenvalue weighted by Gasteiger charge is -2.07. The average Bonchev–Trinajstić information content (AvgIpc) is 2.40. The minimum absolute atomic E-state index is 0.00146. The van der Waals surface area contributed by atoms with Crippen molar-refractivity contribution in [1.29, 1.82) is 0 Å². The van der Waals surface area contributed by atoms with Gasteiger partial charge in [0.15, 0.2) is 0 Å². The van der Waals surface area contributed by atoms with Crippen LogP contribution >= 0.6 is 23.2 Å². The summed E-state index contributed by atoms with van der Waals surface area (Å²) in [5.74, 6) is -0.333. The number of carbonyl (C=O) groups excluding carboxylic acids is 1. The van der Waals surface area contributed by atoms with E-state index < -0.39 is 0 Å². The molecule has 112 valence electrons. The molecule has 0 heterocycles. The molecule has 1 aromatic carbocycles. The lowest BCUT2D eigenvalue weighted by atomic mass is 10.1. The summed E-state index contributed by atoms with van der Waals surface area (Å²) in [5, 5.41) is 4.53. The first-order chi connectivity index (χ1) is 9.63. The Hall–Kier alpha value is -0.810. The lowest BCUT2D eigenvalue weighted by molar-refractivity contribution is -0.148. The van der Waals surface area contributed by atoms with Crippen LogP contribution in [0.1, 0.15) is 12.5 Å². The van der Waals surface area contributed by atoms with E-state index in [-0.39, 0.29) is 12.6 Å². The molecule has 0 fully saturated rings. The topological polar surface area (TPSA) is 47.6 Å². The van der Waals surface area contributed by atoms with Crippen LogP contribution < -0.4 is 5.32 Å². The van der Waals surface area contributed by atoms with Gasteiger partial charge in [0, 0.05) is 16.6 Å². The van der Waals surface area contributed by atoms with Crippen molar-refractivity contribution in [2.24, 2.45) is 0 Å². The number of carbonyl (C=O) groups is 1. The molecule has 0 atom stereocenters. The van der Waals surface area contributed by atoms with Gasteiger partial charge < -0.3 is 14.8 Å². The third kappa shape index (κ3) is 7.10. The maximum atomic E-state index is 11.0. The van der Waals surface area contributed by atoms with Crippen LogP contribution in [0.3, 0.4) is 0 Å². The number of ether oxygens (including phenoxy) is 2. The highest BCUT2D eigenvalue weighted by molar-refractivity contribution is 6.35. The number of hydrogen-bond acceptors (Lipinski definition) is 4. The molecule has 1 N–H and O–H groups in total. The standard InChI is InChI=1S/C14H19Cl2NO3/c1-2-20-14(18)10-19-8-7-17-6-5-11-3-4-12(15)9-13(11)16/h3-4,9,17H,2,5-8,10H2,1H3. The summed E-state index contributed by atoms with van der Waals surface area (Å²) in [6, 6.07) is 5.48. The largest absolute Gasteiger partial charge is 0.464 e. The van der Waals surface area contributed by atoms with Gasteiger partial charge >= 0.3 is 5.97 Å². The van der Waals surface area contributed by atoms with Crippen molar-refractivity contribution < 1.29 is 14.3 Å². The molecule has 0 bridgehead atoms. The Morgan fingerprint density at radius 3 is 2.80 bits per heavy atom. The summed E-state index contributed by atoms with van der Waals surface area (Å²) in [6.45, 7) is 4.06. The monoisotopic (exact) mass is 319 g/mol. The van der Waals surface area contributed by atoms with Crippen LogP contribution in [0.15, 0.2) is 18.2 Å². The first-order valence-corrected chi connectivity index (χ1v) is 7.27. The molecule has 0 unspecified atom stereocenters. The van der Waals surface area contributed by atoms with Crippen molar-refractivity contribution in [3.63, 3.8) is 0 Å². The minimum Gasteiger partial charge on any atom is -0.464 e. The van der Waals surface area contributed by atoms with E-state index >= 15 is 0 Å². The number of nitrogens with one attached hydrogen (secondary N) is 1. The molecular formula is C14H19Cl2NO3. The Bertz CT molecular complexity index is 427. The summed E-state index contributed by atoms with van der Waals surface area (Å²) in [4.78, 5) is 11.0. The number of rotatable bonds is 9. The number of benzene rings is 1. The van der Waals surface area contributed by atoms with Crippen molar-refractivity contribution in [2.45, 2.75) is 13.3 Å². The Kier molecular flexibility index (Phi) is 8.62. The highest BCUT2D eigenvalue weighted by atomic mass is 35.5. The Morgan fingerprint density at radius 1 is 1.30 bits per heavy atom. The quantitative estimate of drug-likeness (QED) is 0.561. The van der Waals surface area contributed by atoms with Crippen LogP contribution in [0.2, 0.25) is 10.0 Å². The molecule has 0 saturated heterocycles. The van der Waals surface area contributed by atoms with E-state index in [0.717, 1.165) is 18.5 Å². The van der Waals surface area contributed by atoms with Crippen molar-refractivity contribution >= 4 is 29.2 Å². The van der Waals surface area contributed by atoms with Gasteiger partial charge in [-0.15, -0.1) is 0 Å². The second-order valence-corrected chi connectivity index (χ2v) is 4.94. The van der Waals surface area contributed by atoms with E-state index in [9.17, 15) is 4.79 Å². The number of halogens is 2.